The van der Waals surface area contributed by atoms with Crippen LogP contribution < -0.4 is 4.57 Å². The second-order valence-corrected chi connectivity index (χ2v) is 8.60. The summed E-state index contributed by atoms with van der Waals surface area (Å²) in [5, 5.41) is 12.7. The number of hydrogen-bond donors (Lipinski definition) is 0. The highest BCUT2D eigenvalue weighted by molar-refractivity contribution is 6.13. The summed E-state index contributed by atoms with van der Waals surface area (Å²) >= 11 is 0. The number of nitriles is 1. The Kier molecular flexibility index (Phi) is 4.30. The molecule has 0 atom stereocenters. The molecule has 0 unspecified atom stereocenters. The summed E-state index contributed by atoms with van der Waals surface area (Å²) in [6.07, 6.45) is 1.87. The van der Waals surface area contributed by atoms with Gasteiger partial charge in [0.15, 0.2) is 11.1 Å². The molecule has 0 radical (unpaired) electrons. The molecular formula is C27H24N3O+. The fourth-order valence-electron chi connectivity index (χ4n) is 4.46. The topological polar surface area (TPSA) is 53.7 Å². The summed E-state index contributed by atoms with van der Waals surface area (Å²) < 4.78 is 8.47. The van der Waals surface area contributed by atoms with E-state index >= 15 is 0 Å². The highest BCUT2D eigenvalue weighted by Gasteiger charge is 2.24. The van der Waals surface area contributed by atoms with Crippen LogP contribution >= 0.6 is 0 Å². The van der Waals surface area contributed by atoms with Gasteiger partial charge >= 0.3 is 0 Å². The van der Waals surface area contributed by atoms with E-state index in [2.05, 4.69) is 62.6 Å². The lowest BCUT2D eigenvalue weighted by Gasteiger charge is -2.13. The van der Waals surface area contributed by atoms with Crippen LogP contribution in [-0.2, 0) is 7.05 Å². The molecule has 4 nitrogen and oxygen atoms in total. The van der Waals surface area contributed by atoms with E-state index in [0.717, 1.165) is 38.5 Å². The van der Waals surface area contributed by atoms with Gasteiger partial charge in [0, 0.05) is 10.8 Å². The molecule has 0 aliphatic heterocycles. The fraction of sp³-hybridized carbons (Fsp3) is 0.222. The summed E-state index contributed by atoms with van der Waals surface area (Å²) in [5.74, 6) is 0.441. The van der Waals surface area contributed by atoms with E-state index in [-0.39, 0.29) is 0 Å². The van der Waals surface area contributed by atoms with Crippen LogP contribution in [0, 0.1) is 25.2 Å². The average molecular weight is 407 g/mol. The molecule has 0 bridgehead atoms. The van der Waals surface area contributed by atoms with Gasteiger partial charge in [-0.15, -0.1) is 0 Å². The van der Waals surface area contributed by atoms with Crippen molar-refractivity contribution in [3.05, 3.63) is 71.0 Å². The maximum Gasteiger partial charge on any atom is 0.287 e. The molecule has 0 amide bonds. The minimum Gasteiger partial charge on any atom is -0.454 e. The summed E-state index contributed by atoms with van der Waals surface area (Å²) in [6.45, 7) is 8.66. The Morgan fingerprint density at radius 1 is 1.00 bits per heavy atom. The lowest BCUT2D eigenvalue weighted by Crippen LogP contribution is -2.32. The summed E-state index contributed by atoms with van der Waals surface area (Å²) in [7, 11) is 2.02. The van der Waals surface area contributed by atoms with Crippen LogP contribution in [0.15, 0.2) is 53.2 Å². The minimum absolute atomic E-state index is 0.441. The van der Waals surface area contributed by atoms with Crippen LogP contribution in [0.5, 0.6) is 0 Å². The normalized spacial score (nSPS) is 11.6. The molecule has 0 aliphatic carbocycles. The predicted octanol–water partition coefficient (Wildman–Crippen LogP) is 6.24. The second-order valence-electron chi connectivity index (χ2n) is 8.60. The van der Waals surface area contributed by atoms with Gasteiger partial charge in [-0.25, -0.2) is 4.57 Å². The van der Waals surface area contributed by atoms with Gasteiger partial charge in [0.25, 0.3) is 6.33 Å². The van der Waals surface area contributed by atoms with Crippen LogP contribution in [0.25, 0.3) is 44.1 Å². The van der Waals surface area contributed by atoms with Gasteiger partial charge in [-0.05, 0) is 65.7 Å². The van der Waals surface area contributed by atoms with Gasteiger partial charge in [-0.3, -0.25) is 0 Å². The highest BCUT2D eigenvalue weighted by atomic mass is 16.3. The van der Waals surface area contributed by atoms with Gasteiger partial charge in [-0.2, -0.15) is 5.26 Å². The van der Waals surface area contributed by atoms with E-state index in [1.807, 2.05) is 25.5 Å². The van der Waals surface area contributed by atoms with Crippen molar-refractivity contribution in [2.75, 3.05) is 0 Å². The van der Waals surface area contributed by atoms with Crippen molar-refractivity contribution in [1.29, 1.82) is 5.26 Å². The molecule has 4 heteroatoms. The molecule has 0 saturated carbocycles. The van der Waals surface area contributed by atoms with E-state index in [4.69, 9.17) is 9.40 Å². The van der Waals surface area contributed by atoms with E-state index in [1.54, 1.807) is 6.07 Å². The zero-order valence-corrected chi connectivity index (χ0v) is 18.4. The van der Waals surface area contributed by atoms with Crippen LogP contribution in [0.2, 0.25) is 0 Å². The molecule has 0 saturated heterocycles. The van der Waals surface area contributed by atoms with E-state index in [1.165, 1.54) is 16.7 Å². The van der Waals surface area contributed by atoms with Crippen molar-refractivity contribution >= 4 is 32.8 Å². The van der Waals surface area contributed by atoms with Crippen molar-refractivity contribution in [1.82, 2.24) is 4.98 Å². The van der Waals surface area contributed by atoms with Crippen molar-refractivity contribution in [3.63, 3.8) is 0 Å². The number of para-hydroxylation sites is 1. The van der Waals surface area contributed by atoms with Crippen molar-refractivity contribution in [2.24, 2.45) is 7.05 Å². The first-order valence-electron chi connectivity index (χ1n) is 10.5. The monoisotopic (exact) mass is 406 g/mol. The molecule has 0 N–H and O–H groups in total. The first-order chi connectivity index (χ1) is 14.9. The first-order valence-corrected chi connectivity index (χ1v) is 10.5. The Balaban J connectivity index is 1.95. The number of benzene rings is 3. The smallest absolute Gasteiger partial charge is 0.287 e. The van der Waals surface area contributed by atoms with Crippen molar-refractivity contribution in [2.45, 2.75) is 33.6 Å². The summed E-state index contributed by atoms with van der Waals surface area (Å²) in [6, 6.07) is 16.7. The Morgan fingerprint density at radius 3 is 2.55 bits per heavy atom. The van der Waals surface area contributed by atoms with Gasteiger partial charge in [0.05, 0.1) is 23.6 Å². The third kappa shape index (κ3) is 2.81. The Bertz CT molecular complexity index is 1550. The van der Waals surface area contributed by atoms with E-state index in [0.29, 0.717) is 17.1 Å². The second kappa shape index (κ2) is 6.92. The summed E-state index contributed by atoms with van der Waals surface area (Å²) in [4.78, 5) is 4.70. The third-order valence-corrected chi connectivity index (χ3v) is 6.33. The van der Waals surface area contributed by atoms with Crippen LogP contribution in [0.3, 0.4) is 0 Å². The van der Waals surface area contributed by atoms with Crippen molar-refractivity contribution < 1.29 is 8.98 Å². The standard InChI is InChI=1S/C27H24N3O/c1-15(2)18-9-10-21-23(12-18)29-14-30(5)25(21)24-17(4)16(3)11-22-20-8-6-7-19(13-28)26(20)31-27(22)24/h6-12,14-15H,1-5H3/q+1. The maximum absolute atomic E-state index is 9.59. The van der Waals surface area contributed by atoms with Gasteiger partial charge in [0.2, 0.25) is 0 Å². The van der Waals surface area contributed by atoms with Crippen LogP contribution in [0.4, 0.5) is 0 Å². The zero-order chi connectivity index (χ0) is 21.9. The number of aryl methyl sites for hydroxylation is 2. The SMILES string of the molecule is Cc1cc2c(oc3c(C#N)cccc32)c(-c2c3ccc(C(C)C)cc3nc[n+]2C)c1C. The molecule has 0 fully saturated rings. The van der Waals surface area contributed by atoms with Crippen LogP contribution in [-0.4, -0.2) is 4.98 Å². The molecule has 2 aromatic heterocycles. The lowest BCUT2D eigenvalue weighted by molar-refractivity contribution is -0.662. The lowest BCUT2D eigenvalue weighted by atomic mass is 9.93. The predicted molar refractivity (Wildman–Crippen MR) is 124 cm³/mol. The zero-order valence-electron chi connectivity index (χ0n) is 18.4. The number of fused-ring (bicyclic) bond motifs is 4. The van der Waals surface area contributed by atoms with Gasteiger partial charge < -0.3 is 4.42 Å². The minimum atomic E-state index is 0.441. The molecule has 152 valence electrons. The van der Waals surface area contributed by atoms with Crippen LogP contribution in [0.1, 0.15) is 42.0 Å². The number of hydrogen-bond acceptors (Lipinski definition) is 3. The summed E-state index contributed by atoms with van der Waals surface area (Å²) in [5.41, 5.74) is 8.76. The van der Waals surface area contributed by atoms with Gasteiger partial charge in [0.1, 0.15) is 17.3 Å². The number of nitrogens with zero attached hydrogens (tertiary/aromatic N) is 3. The molecule has 0 aliphatic rings. The highest BCUT2D eigenvalue weighted by Crippen LogP contribution is 2.41. The average Bonchev–Trinajstić information content (AvgIpc) is 3.13. The van der Waals surface area contributed by atoms with Crippen molar-refractivity contribution in [3.8, 4) is 17.3 Å². The Hall–Kier alpha value is -3.71. The Morgan fingerprint density at radius 2 is 1.81 bits per heavy atom. The molecule has 2 heterocycles. The molecule has 0 spiro atoms. The maximum atomic E-state index is 9.59. The number of aromatic nitrogens is 2. The van der Waals surface area contributed by atoms with E-state index in [9.17, 15) is 5.26 Å². The fourth-order valence-corrected chi connectivity index (χ4v) is 4.46. The molecular weight excluding hydrogens is 382 g/mol. The molecule has 31 heavy (non-hydrogen) atoms. The largest absolute Gasteiger partial charge is 0.454 e. The number of rotatable bonds is 2. The first kappa shape index (κ1) is 19.3. The Labute approximate surface area is 181 Å². The molecule has 3 aromatic carbocycles. The molecule has 5 rings (SSSR count). The number of furan rings is 1. The van der Waals surface area contributed by atoms with E-state index < -0.39 is 0 Å². The molecule has 5 aromatic rings. The quantitative estimate of drug-likeness (QED) is 0.326. The van der Waals surface area contributed by atoms with Gasteiger partial charge in [-0.1, -0.05) is 32.0 Å². The third-order valence-electron chi connectivity index (χ3n) is 6.33.